The number of hydrogen-bond acceptors (Lipinski definition) is 3. The van der Waals surface area contributed by atoms with Gasteiger partial charge in [0.15, 0.2) is 5.78 Å². The number of amides is 1. The lowest BCUT2D eigenvalue weighted by Crippen LogP contribution is -2.30. The standard InChI is InChI=1S/C28H29NO3/c1-32-27-18-15-25(16-19-27)22-29(21-24-11-6-3-7-12-24)28(31)20-17-26(30)14-8-13-23-9-4-2-5-10-23/h2-12,14-16,18-19H,13,17,20-22H2,1H3/b14-8+. The van der Waals surface area contributed by atoms with Crippen LogP contribution in [0.2, 0.25) is 0 Å². The van der Waals surface area contributed by atoms with E-state index in [1.807, 2.05) is 91.0 Å². The lowest BCUT2D eigenvalue weighted by Gasteiger charge is -2.23. The molecular weight excluding hydrogens is 398 g/mol. The molecule has 3 rings (SSSR count). The van der Waals surface area contributed by atoms with Crippen molar-refractivity contribution in [3.63, 3.8) is 0 Å². The van der Waals surface area contributed by atoms with E-state index in [1.165, 1.54) is 0 Å². The number of allylic oxidation sites excluding steroid dienone is 2. The molecule has 0 radical (unpaired) electrons. The van der Waals surface area contributed by atoms with E-state index in [4.69, 9.17) is 4.74 Å². The quantitative estimate of drug-likeness (QED) is 0.386. The summed E-state index contributed by atoms with van der Waals surface area (Å²) in [6.07, 6.45) is 4.56. The zero-order valence-electron chi connectivity index (χ0n) is 18.4. The number of ether oxygens (including phenoxy) is 1. The Morgan fingerprint density at radius 3 is 1.91 bits per heavy atom. The number of hydrogen-bond donors (Lipinski definition) is 0. The van der Waals surface area contributed by atoms with Crippen LogP contribution in [0.4, 0.5) is 0 Å². The second-order valence-electron chi connectivity index (χ2n) is 7.64. The third-order valence-electron chi connectivity index (χ3n) is 5.19. The van der Waals surface area contributed by atoms with E-state index in [-0.39, 0.29) is 24.5 Å². The van der Waals surface area contributed by atoms with Crippen molar-refractivity contribution >= 4 is 11.7 Å². The predicted molar refractivity (Wildman–Crippen MR) is 127 cm³/mol. The molecule has 4 nitrogen and oxygen atoms in total. The molecule has 3 aromatic rings. The molecule has 3 aromatic carbocycles. The molecule has 0 aliphatic carbocycles. The summed E-state index contributed by atoms with van der Waals surface area (Å²) >= 11 is 0. The van der Waals surface area contributed by atoms with Gasteiger partial charge in [-0.25, -0.2) is 0 Å². The van der Waals surface area contributed by atoms with Gasteiger partial charge >= 0.3 is 0 Å². The van der Waals surface area contributed by atoms with Crippen LogP contribution in [0, 0.1) is 0 Å². The Kier molecular flexibility index (Phi) is 8.81. The van der Waals surface area contributed by atoms with Crippen molar-refractivity contribution in [3.05, 3.63) is 114 Å². The summed E-state index contributed by atoms with van der Waals surface area (Å²) in [6.45, 7) is 0.986. The topological polar surface area (TPSA) is 46.6 Å². The maximum absolute atomic E-state index is 13.0. The second kappa shape index (κ2) is 12.3. The van der Waals surface area contributed by atoms with E-state index in [0.717, 1.165) is 22.4 Å². The van der Waals surface area contributed by atoms with Gasteiger partial charge < -0.3 is 9.64 Å². The molecule has 0 saturated carbocycles. The first-order chi connectivity index (χ1) is 15.6. The Morgan fingerprint density at radius 2 is 1.31 bits per heavy atom. The first kappa shape index (κ1) is 23.0. The lowest BCUT2D eigenvalue weighted by atomic mass is 10.1. The summed E-state index contributed by atoms with van der Waals surface area (Å²) in [4.78, 5) is 27.1. The Bertz CT molecular complexity index is 1010. The molecular formula is C28H29NO3. The molecule has 0 spiro atoms. The van der Waals surface area contributed by atoms with E-state index in [0.29, 0.717) is 19.5 Å². The number of rotatable bonds is 11. The van der Waals surface area contributed by atoms with E-state index >= 15 is 0 Å². The molecule has 0 fully saturated rings. The zero-order valence-corrected chi connectivity index (χ0v) is 18.4. The minimum Gasteiger partial charge on any atom is -0.497 e. The van der Waals surface area contributed by atoms with Crippen molar-refractivity contribution in [2.75, 3.05) is 7.11 Å². The number of carbonyl (C=O) groups excluding carboxylic acids is 2. The zero-order chi connectivity index (χ0) is 22.6. The van der Waals surface area contributed by atoms with Gasteiger partial charge in [-0.15, -0.1) is 0 Å². The first-order valence-electron chi connectivity index (χ1n) is 10.8. The van der Waals surface area contributed by atoms with Crippen molar-refractivity contribution < 1.29 is 14.3 Å². The van der Waals surface area contributed by atoms with Crippen molar-refractivity contribution in [1.82, 2.24) is 4.90 Å². The smallest absolute Gasteiger partial charge is 0.223 e. The van der Waals surface area contributed by atoms with Gasteiger partial charge in [0.25, 0.3) is 0 Å². The SMILES string of the molecule is COc1ccc(CN(Cc2ccccc2)C(=O)CCC(=O)/C=C/Cc2ccccc2)cc1. The highest BCUT2D eigenvalue weighted by molar-refractivity contribution is 5.92. The van der Waals surface area contributed by atoms with Gasteiger partial charge in [0.2, 0.25) is 5.91 Å². The number of nitrogens with zero attached hydrogens (tertiary/aromatic N) is 1. The molecule has 0 aliphatic heterocycles. The number of ketones is 1. The van der Waals surface area contributed by atoms with Crippen molar-refractivity contribution in [1.29, 1.82) is 0 Å². The van der Waals surface area contributed by atoms with E-state index in [2.05, 4.69) is 0 Å². The lowest BCUT2D eigenvalue weighted by molar-refractivity contribution is -0.133. The largest absolute Gasteiger partial charge is 0.497 e. The first-order valence-corrected chi connectivity index (χ1v) is 10.8. The van der Waals surface area contributed by atoms with Gasteiger partial charge in [0, 0.05) is 25.9 Å². The summed E-state index contributed by atoms with van der Waals surface area (Å²) in [5.41, 5.74) is 3.23. The van der Waals surface area contributed by atoms with Crippen molar-refractivity contribution in [2.45, 2.75) is 32.4 Å². The van der Waals surface area contributed by atoms with Gasteiger partial charge in [-0.1, -0.05) is 78.9 Å². The fraction of sp³-hybridized carbons (Fsp3) is 0.214. The third-order valence-corrected chi connectivity index (χ3v) is 5.19. The van der Waals surface area contributed by atoms with Gasteiger partial charge in [-0.05, 0) is 41.3 Å². The number of benzene rings is 3. The third kappa shape index (κ3) is 7.55. The summed E-state index contributed by atoms with van der Waals surface area (Å²) in [5, 5.41) is 0. The normalized spacial score (nSPS) is 10.8. The van der Waals surface area contributed by atoms with Gasteiger partial charge in [0.05, 0.1) is 7.11 Å². The van der Waals surface area contributed by atoms with Crippen LogP contribution >= 0.6 is 0 Å². The van der Waals surface area contributed by atoms with Crippen LogP contribution in [-0.4, -0.2) is 23.7 Å². The molecule has 0 bridgehead atoms. The molecule has 0 heterocycles. The van der Waals surface area contributed by atoms with Crippen LogP contribution in [0.3, 0.4) is 0 Å². The number of methoxy groups -OCH3 is 1. The summed E-state index contributed by atoms with van der Waals surface area (Å²) in [5.74, 6) is 0.718. The van der Waals surface area contributed by atoms with Gasteiger partial charge in [-0.2, -0.15) is 0 Å². The number of carbonyl (C=O) groups is 2. The van der Waals surface area contributed by atoms with E-state index in [1.54, 1.807) is 18.1 Å². The average molecular weight is 428 g/mol. The van der Waals surface area contributed by atoms with Crippen LogP contribution in [0.15, 0.2) is 97.1 Å². The molecule has 32 heavy (non-hydrogen) atoms. The molecule has 0 aromatic heterocycles. The second-order valence-corrected chi connectivity index (χ2v) is 7.64. The van der Waals surface area contributed by atoms with Crippen LogP contribution < -0.4 is 4.74 Å². The maximum atomic E-state index is 13.0. The van der Waals surface area contributed by atoms with Crippen LogP contribution in [0.5, 0.6) is 5.75 Å². The molecule has 0 atom stereocenters. The Morgan fingerprint density at radius 1 is 0.750 bits per heavy atom. The molecule has 0 saturated heterocycles. The van der Waals surface area contributed by atoms with Crippen LogP contribution in [-0.2, 0) is 29.1 Å². The van der Waals surface area contributed by atoms with Crippen LogP contribution in [0.25, 0.3) is 0 Å². The fourth-order valence-electron chi connectivity index (χ4n) is 3.40. The predicted octanol–water partition coefficient (Wildman–Crippen LogP) is 5.37. The molecule has 1 amide bonds. The Balaban J connectivity index is 1.58. The fourth-order valence-corrected chi connectivity index (χ4v) is 3.40. The van der Waals surface area contributed by atoms with Crippen molar-refractivity contribution in [3.8, 4) is 5.75 Å². The van der Waals surface area contributed by atoms with E-state index < -0.39 is 0 Å². The Hall–Kier alpha value is -3.66. The maximum Gasteiger partial charge on any atom is 0.223 e. The molecule has 164 valence electrons. The highest BCUT2D eigenvalue weighted by Gasteiger charge is 2.16. The minimum atomic E-state index is -0.0329. The average Bonchev–Trinajstić information content (AvgIpc) is 2.84. The van der Waals surface area contributed by atoms with Gasteiger partial charge in [0.1, 0.15) is 5.75 Å². The highest BCUT2D eigenvalue weighted by Crippen LogP contribution is 2.16. The summed E-state index contributed by atoms with van der Waals surface area (Å²) < 4.78 is 5.22. The van der Waals surface area contributed by atoms with Crippen LogP contribution in [0.1, 0.15) is 29.5 Å². The molecule has 0 unspecified atom stereocenters. The molecule has 0 N–H and O–H groups in total. The molecule has 4 heteroatoms. The van der Waals surface area contributed by atoms with Gasteiger partial charge in [-0.3, -0.25) is 9.59 Å². The minimum absolute atomic E-state index is 0.0293. The summed E-state index contributed by atoms with van der Waals surface area (Å²) in [7, 11) is 1.63. The highest BCUT2D eigenvalue weighted by atomic mass is 16.5. The van der Waals surface area contributed by atoms with Crippen molar-refractivity contribution in [2.24, 2.45) is 0 Å². The monoisotopic (exact) mass is 427 g/mol. The summed E-state index contributed by atoms with van der Waals surface area (Å²) in [6, 6.07) is 27.6. The Labute approximate surface area is 190 Å². The molecule has 0 aliphatic rings. The van der Waals surface area contributed by atoms with E-state index in [9.17, 15) is 9.59 Å².